The molecule has 3 aromatic carbocycles. The highest BCUT2D eigenvalue weighted by atomic mass is 79.9. The average Bonchev–Trinajstić information content (AvgIpc) is 2.79. The molecule has 0 aliphatic rings. The molecule has 0 saturated heterocycles. The molecule has 1 amide bonds. The third-order valence-corrected chi connectivity index (χ3v) is 4.85. The number of hydrogen-bond donors (Lipinski definition) is 2. The van der Waals surface area contributed by atoms with Gasteiger partial charge in [-0.3, -0.25) is 4.79 Å². The first-order chi connectivity index (χ1) is 15.5. The molecule has 0 unspecified atom stereocenters. The van der Waals surface area contributed by atoms with E-state index in [0.29, 0.717) is 34.9 Å². The Bertz CT molecular complexity index is 1060. The molecule has 0 aliphatic heterocycles. The molecule has 0 aromatic heterocycles. The molecule has 0 aliphatic carbocycles. The molecule has 0 spiro atoms. The Kier molecular flexibility index (Phi) is 8.62. The molecule has 32 heavy (non-hydrogen) atoms. The minimum Gasteiger partial charge on any atom is -0.490 e. The molecule has 8 heteroatoms. The van der Waals surface area contributed by atoms with E-state index in [1.54, 1.807) is 18.2 Å². The van der Waals surface area contributed by atoms with E-state index in [-0.39, 0.29) is 18.3 Å². The molecular formula is C24H23BrFN3O3. The Balaban J connectivity index is 1.59. The lowest BCUT2D eigenvalue weighted by Gasteiger charge is -2.14. The number of carbonyl (C=O) groups is 1. The van der Waals surface area contributed by atoms with Crippen LogP contribution in [0.15, 0.2) is 76.3 Å². The molecule has 166 valence electrons. The fourth-order valence-electron chi connectivity index (χ4n) is 2.76. The van der Waals surface area contributed by atoms with E-state index in [1.807, 2.05) is 43.3 Å². The van der Waals surface area contributed by atoms with Crippen LogP contribution in [0.3, 0.4) is 0 Å². The molecule has 0 bridgehead atoms. The summed E-state index contributed by atoms with van der Waals surface area (Å²) < 4.78 is 25.3. The Morgan fingerprint density at radius 1 is 1.09 bits per heavy atom. The van der Waals surface area contributed by atoms with Crippen molar-refractivity contribution in [2.24, 2.45) is 5.10 Å². The standard InChI is InChI=1S/C24H23BrFN3O3/c1-2-31-22-13-18(12-21(25)24(22)32-16-17-6-4-3-5-7-17)14-28-29-23(30)15-27-20-10-8-19(26)9-11-20/h3-14,27H,2,15-16H2,1H3,(H,29,30)/b28-14-. The zero-order valence-electron chi connectivity index (χ0n) is 17.5. The van der Waals surface area contributed by atoms with E-state index in [1.165, 1.54) is 18.3 Å². The number of carbonyl (C=O) groups excluding carboxylic acids is 1. The van der Waals surface area contributed by atoms with Gasteiger partial charge >= 0.3 is 0 Å². The van der Waals surface area contributed by atoms with Crippen LogP contribution in [0.25, 0.3) is 0 Å². The fraction of sp³-hybridized carbons (Fsp3) is 0.167. The van der Waals surface area contributed by atoms with Crippen LogP contribution in [0.1, 0.15) is 18.1 Å². The van der Waals surface area contributed by atoms with Crippen molar-refractivity contribution in [2.75, 3.05) is 18.5 Å². The Morgan fingerprint density at radius 3 is 2.56 bits per heavy atom. The minimum absolute atomic E-state index is 0.00310. The Morgan fingerprint density at radius 2 is 1.84 bits per heavy atom. The number of amides is 1. The minimum atomic E-state index is -0.336. The van der Waals surface area contributed by atoms with Gasteiger partial charge in [0, 0.05) is 5.69 Å². The van der Waals surface area contributed by atoms with Gasteiger partial charge in [0.15, 0.2) is 11.5 Å². The van der Waals surface area contributed by atoms with E-state index in [0.717, 1.165) is 11.1 Å². The Hall–Kier alpha value is -3.39. The summed E-state index contributed by atoms with van der Waals surface area (Å²) in [5, 5.41) is 6.89. The normalized spacial score (nSPS) is 10.7. The van der Waals surface area contributed by atoms with Gasteiger partial charge in [0.2, 0.25) is 0 Å². The molecule has 0 saturated carbocycles. The van der Waals surface area contributed by atoms with Crippen LogP contribution >= 0.6 is 15.9 Å². The maximum absolute atomic E-state index is 12.9. The summed E-state index contributed by atoms with van der Waals surface area (Å²) in [6.45, 7) is 2.78. The summed E-state index contributed by atoms with van der Waals surface area (Å²) in [7, 11) is 0. The zero-order chi connectivity index (χ0) is 22.8. The highest BCUT2D eigenvalue weighted by molar-refractivity contribution is 9.10. The van der Waals surface area contributed by atoms with Crippen LogP contribution in [-0.2, 0) is 11.4 Å². The number of nitrogens with one attached hydrogen (secondary N) is 2. The lowest BCUT2D eigenvalue weighted by Crippen LogP contribution is -2.25. The molecule has 0 radical (unpaired) electrons. The summed E-state index contributed by atoms with van der Waals surface area (Å²) in [5.74, 6) is 0.500. The number of halogens is 2. The molecule has 2 N–H and O–H groups in total. The maximum Gasteiger partial charge on any atom is 0.259 e. The number of ether oxygens (including phenoxy) is 2. The first-order valence-electron chi connectivity index (χ1n) is 9.99. The second-order valence-electron chi connectivity index (χ2n) is 6.69. The van der Waals surface area contributed by atoms with Crippen LogP contribution in [-0.4, -0.2) is 25.3 Å². The largest absolute Gasteiger partial charge is 0.490 e. The van der Waals surface area contributed by atoms with Gasteiger partial charge in [-0.1, -0.05) is 30.3 Å². The van der Waals surface area contributed by atoms with Gasteiger partial charge in [0.05, 0.1) is 23.8 Å². The predicted octanol–water partition coefficient (Wildman–Crippen LogP) is 5.13. The lowest BCUT2D eigenvalue weighted by molar-refractivity contribution is -0.119. The van der Waals surface area contributed by atoms with Crippen LogP contribution in [0.4, 0.5) is 10.1 Å². The average molecular weight is 500 g/mol. The molecule has 3 aromatic rings. The van der Waals surface area contributed by atoms with E-state index >= 15 is 0 Å². The molecule has 0 atom stereocenters. The van der Waals surface area contributed by atoms with Crippen molar-refractivity contribution in [2.45, 2.75) is 13.5 Å². The first-order valence-corrected chi connectivity index (χ1v) is 10.8. The summed E-state index contributed by atoms with van der Waals surface area (Å²) in [6, 6.07) is 19.2. The molecule has 3 rings (SSSR count). The first kappa shape index (κ1) is 23.3. The third kappa shape index (κ3) is 7.09. The van der Waals surface area contributed by atoms with Crippen molar-refractivity contribution >= 4 is 33.7 Å². The lowest BCUT2D eigenvalue weighted by atomic mass is 10.2. The van der Waals surface area contributed by atoms with Crippen LogP contribution in [0.2, 0.25) is 0 Å². The van der Waals surface area contributed by atoms with Gasteiger partial charge in [-0.25, -0.2) is 9.82 Å². The molecule has 6 nitrogen and oxygen atoms in total. The summed E-state index contributed by atoms with van der Waals surface area (Å²) in [6.07, 6.45) is 1.52. The van der Waals surface area contributed by atoms with E-state index in [2.05, 4.69) is 31.8 Å². The fourth-order valence-corrected chi connectivity index (χ4v) is 3.34. The van der Waals surface area contributed by atoms with Crippen molar-refractivity contribution in [1.29, 1.82) is 0 Å². The topological polar surface area (TPSA) is 72.0 Å². The second kappa shape index (κ2) is 11.9. The summed E-state index contributed by atoms with van der Waals surface area (Å²) in [5.41, 5.74) is 4.86. The maximum atomic E-state index is 12.9. The van der Waals surface area contributed by atoms with Crippen LogP contribution < -0.4 is 20.2 Å². The van der Waals surface area contributed by atoms with Crippen molar-refractivity contribution in [3.8, 4) is 11.5 Å². The van der Waals surface area contributed by atoms with Crippen LogP contribution in [0.5, 0.6) is 11.5 Å². The SMILES string of the molecule is CCOc1cc(/C=N\NC(=O)CNc2ccc(F)cc2)cc(Br)c1OCc1ccccc1. The second-order valence-corrected chi connectivity index (χ2v) is 7.55. The van der Waals surface area contributed by atoms with Gasteiger partial charge < -0.3 is 14.8 Å². The van der Waals surface area contributed by atoms with Gasteiger partial charge in [-0.15, -0.1) is 0 Å². The summed E-state index contributed by atoms with van der Waals surface area (Å²) in [4.78, 5) is 12.0. The van der Waals surface area contributed by atoms with Crippen LogP contribution in [0, 0.1) is 5.82 Å². The molecular weight excluding hydrogens is 477 g/mol. The van der Waals surface area contributed by atoms with Crippen molar-refractivity contribution in [3.63, 3.8) is 0 Å². The highest BCUT2D eigenvalue weighted by Crippen LogP contribution is 2.37. The van der Waals surface area contributed by atoms with Crippen molar-refractivity contribution in [1.82, 2.24) is 5.43 Å². The Labute approximate surface area is 194 Å². The molecule has 0 fully saturated rings. The quantitative estimate of drug-likeness (QED) is 0.299. The van der Waals surface area contributed by atoms with E-state index in [9.17, 15) is 9.18 Å². The highest BCUT2D eigenvalue weighted by Gasteiger charge is 2.12. The summed E-state index contributed by atoms with van der Waals surface area (Å²) >= 11 is 3.53. The van der Waals surface area contributed by atoms with Gasteiger partial charge in [0.1, 0.15) is 12.4 Å². The third-order valence-electron chi connectivity index (χ3n) is 4.26. The number of rotatable bonds is 10. The number of hydrazone groups is 1. The van der Waals surface area contributed by atoms with E-state index in [4.69, 9.17) is 9.47 Å². The smallest absolute Gasteiger partial charge is 0.259 e. The van der Waals surface area contributed by atoms with Gasteiger partial charge in [-0.2, -0.15) is 5.10 Å². The zero-order valence-corrected chi connectivity index (χ0v) is 19.1. The number of hydrogen-bond acceptors (Lipinski definition) is 5. The van der Waals surface area contributed by atoms with Gasteiger partial charge in [0.25, 0.3) is 5.91 Å². The number of anilines is 1. The van der Waals surface area contributed by atoms with Crippen molar-refractivity contribution in [3.05, 3.63) is 88.1 Å². The monoisotopic (exact) mass is 499 g/mol. The number of benzene rings is 3. The van der Waals surface area contributed by atoms with Gasteiger partial charge in [-0.05, 0) is 70.4 Å². The predicted molar refractivity (Wildman–Crippen MR) is 127 cm³/mol. The van der Waals surface area contributed by atoms with E-state index < -0.39 is 0 Å². The number of nitrogens with zero attached hydrogens (tertiary/aromatic N) is 1. The van der Waals surface area contributed by atoms with Crippen molar-refractivity contribution < 1.29 is 18.7 Å². The molecule has 0 heterocycles.